The van der Waals surface area contributed by atoms with Crippen LogP contribution in [0.5, 0.6) is 5.75 Å². The number of hydrogen-bond acceptors (Lipinski definition) is 11. The molecular weight excluding hydrogens is 697 g/mol. The van der Waals surface area contributed by atoms with E-state index in [1.54, 1.807) is 13.8 Å². The van der Waals surface area contributed by atoms with Crippen molar-refractivity contribution in [3.05, 3.63) is 86.3 Å². The van der Waals surface area contributed by atoms with Gasteiger partial charge in [0, 0.05) is 37.6 Å². The zero-order valence-electron chi connectivity index (χ0n) is 27.0. The highest BCUT2D eigenvalue weighted by Gasteiger charge is 2.46. The summed E-state index contributed by atoms with van der Waals surface area (Å²) in [6, 6.07) is 2.59. The number of nitrogens with zero attached hydrogens (tertiary/aromatic N) is 9. The molecule has 0 aliphatic carbocycles. The van der Waals surface area contributed by atoms with E-state index in [1.807, 2.05) is 0 Å². The smallest absolute Gasteiger partial charge is 0.416 e. The Bertz CT molecular complexity index is 2270. The van der Waals surface area contributed by atoms with Crippen LogP contribution < -0.4 is 10.9 Å². The van der Waals surface area contributed by atoms with Gasteiger partial charge in [0.05, 0.1) is 39.7 Å². The Labute approximate surface area is 291 Å². The van der Waals surface area contributed by atoms with Gasteiger partial charge in [0.15, 0.2) is 17.3 Å². The third-order valence-corrected chi connectivity index (χ3v) is 9.32. The van der Waals surface area contributed by atoms with Gasteiger partial charge in [-0.05, 0) is 44.9 Å². The van der Waals surface area contributed by atoms with Gasteiger partial charge < -0.3 is 24.6 Å². The molecule has 0 saturated carbocycles. The largest absolute Gasteiger partial charge is 0.504 e. The molecule has 1 spiro atoms. The van der Waals surface area contributed by atoms with Crippen LogP contribution in [-0.2, 0) is 34.3 Å². The molecule has 5 aromatic rings. The Morgan fingerprint density at radius 3 is 2.51 bits per heavy atom. The summed E-state index contributed by atoms with van der Waals surface area (Å²) in [6.07, 6.45) is 0.163. The average Bonchev–Trinajstić information content (AvgIpc) is 3.55. The van der Waals surface area contributed by atoms with Gasteiger partial charge in [-0.15, -0.1) is 5.10 Å². The second-order valence-corrected chi connectivity index (χ2v) is 12.6. The first-order chi connectivity index (χ1) is 24.3. The van der Waals surface area contributed by atoms with Crippen LogP contribution in [0.1, 0.15) is 51.7 Å². The number of fused-ring (bicyclic) bond motifs is 3. The van der Waals surface area contributed by atoms with Gasteiger partial charge >= 0.3 is 6.18 Å². The number of rotatable bonds is 5. The van der Waals surface area contributed by atoms with Crippen molar-refractivity contribution in [1.82, 2.24) is 44.0 Å². The molecule has 1 fully saturated rings. The van der Waals surface area contributed by atoms with Crippen molar-refractivity contribution in [2.75, 3.05) is 25.0 Å². The first kappa shape index (κ1) is 34.0. The van der Waals surface area contributed by atoms with Crippen molar-refractivity contribution in [2.45, 2.75) is 51.4 Å². The summed E-state index contributed by atoms with van der Waals surface area (Å²) in [5.41, 5.74) is -1.49. The van der Waals surface area contributed by atoms with Crippen molar-refractivity contribution in [2.24, 2.45) is 0 Å². The fourth-order valence-corrected chi connectivity index (χ4v) is 6.62. The number of alkyl halides is 3. The lowest BCUT2D eigenvalue weighted by Crippen LogP contribution is -2.52. The molecule has 0 radical (unpaired) electrons. The molecule has 15 nitrogen and oxygen atoms in total. The topological polar surface area (TPSA) is 183 Å². The minimum absolute atomic E-state index is 0.0299. The van der Waals surface area contributed by atoms with E-state index < -0.39 is 41.3 Å². The van der Waals surface area contributed by atoms with Crippen molar-refractivity contribution < 1.29 is 32.6 Å². The minimum atomic E-state index is -4.63. The number of carbonyl (C=O) groups excluding carboxylic acids is 2. The number of benzene rings is 1. The van der Waals surface area contributed by atoms with Crippen LogP contribution >= 0.6 is 11.6 Å². The fourth-order valence-electron chi connectivity index (χ4n) is 6.39. The highest BCUT2D eigenvalue weighted by molar-refractivity contribution is 6.33. The number of amides is 2. The quantitative estimate of drug-likeness (QED) is 0.271. The van der Waals surface area contributed by atoms with Crippen molar-refractivity contribution in [3.8, 4) is 17.1 Å². The molecule has 1 saturated heterocycles. The van der Waals surface area contributed by atoms with Gasteiger partial charge in [-0.25, -0.2) is 19.9 Å². The third-order valence-electron chi connectivity index (χ3n) is 9.00. The maximum Gasteiger partial charge on any atom is 0.416 e. The van der Waals surface area contributed by atoms with Crippen molar-refractivity contribution >= 4 is 34.9 Å². The summed E-state index contributed by atoms with van der Waals surface area (Å²) in [6.45, 7) is 3.30. The molecule has 2 aliphatic rings. The van der Waals surface area contributed by atoms with E-state index >= 15 is 0 Å². The summed E-state index contributed by atoms with van der Waals surface area (Å²) in [5.74, 6) is -0.827. The van der Waals surface area contributed by atoms with Crippen LogP contribution in [-0.4, -0.2) is 80.6 Å². The van der Waals surface area contributed by atoms with Crippen LogP contribution in [0.4, 0.5) is 18.9 Å². The number of piperidine rings is 1. The van der Waals surface area contributed by atoms with E-state index in [0.29, 0.717) is 17.1 Å². The molecule has 51 heavy (non-hydrogen) atoms. The monoisotopic (exact) mass is 724 g/mol. The van der Waals surface area contributed by atoms with E-state index in [4.69, 9.17) is 16.3 Å². The van der Waals surface area contributed by atoms with E-state index in [1.165, 1.54) is 28.2 Å². The normalized spacial score (nSPS) is 15.6. The van der Waals surface area contributed by atoms with Crippen LogP contribution in [0.2, 0.25) is 5.02 Å². The molecule has 2 N–H and O–H groups in total. The summed E-state index contributed by atoms with van der Waals surface area (Å²) in [7, 11) is 0. The minimum Gasteiger partial charge on any atom is -0.504 e. The SMILES string of the molecule is Cc1ncc(-c2nc3n(CC(=O)Nc4ccc(C(F)(F)F)cc4Cl)c4c(c(=O)n3n2)C2(CCN(C(=O)c3ncnc(C)c3O)CC2)OCC4)cn1. The third kappa shape index (κ3) is 6.13. The summed E-state index contributed by atoms with van der Waals surface area (Å²) in [4.78, 5) is 63.6. The zero-order chi connectivity index (χ0) is 36.2. The number of aromatic nitrogens is 8. The number of aromatic hydroxyl groups is 1. The number of hydrogen-bond donors (Lipinski definition) is 2. The Hall–Kier alpha value is -5.49. The standard InChI is InChI=1S/C32H28ClF3N10O5/c1-16-26(48)25(40-15-39-16)29(50)44-8-6-31(7-9-44)24-22(5-10-51-31)45(14-23(47)41-21-4-3-19(11-20(21)33)32(34,35)36)30-42-27(43-46(30)28(24)49)18-12-37-17(2)38-13-18/h3-4,11-13,15,48H,5-10,14H2,1-2H3,(H,41,47). The van der Waals surface area contributed by atoms with Gasteiger partial charge in [0.25, 0.3) is 11.5 Å². The van der Waals surface area contributed by atoms with Crippen LogP contribution in [0.15, 0.2) is 41.7 Å². The second kappa shape index (κ2) is 12.7. The Morgan fingerprint density at radius 2 is 1.82 bits per heavy atom. The summed E-state index contributed by atoms with van der Waals surface area (Å²) < 4.78 is 48.6. The second-order valence-electron chi connectivity index (χ2n) is 12.2. The molecule has 0 atom stereocenters. The van der Waals surface area contributed by atoms with Gasteiger partial charge in [-0.2, -0.15) is 22.7 Å². The lowest BCUT2D eigenvalue weighted by atomic mass is 9.81. The number of carbonyl (C=O) groups is 2. The fraction of sp³-hybridized carbons (Fsp3) is 0.344. The molecular formula is C32H28ClF3N10O5. The van der Waals surface area contributed by atoms with Crippen molar-refractivity contribution in [1.29, 1.82) is 0 Å². The molecule has 2 amide bonds. The Balaban J connectivity index is 1.27. The molecule has 6 heterocycles. The average molecular weight is 725 g/mol. The predicted molar refractivity (Wildman–Crippen MR) is 173 cm³/mol. The molecule has 1 aromatic carbocycles. The van der Waals surface area contributed by atoms with Gasteiger partial charge in [0.2, 0.25) is 11.7 Å². The van der Waals surface area contributed by atoms with Gasteiger partial charge in [-0.3, -0.25) is 14.4 Å². The number of anilines is 1. The van der Waals surface area contributed by atoms with E-state index in [2.05, 4.69) is 35.3 Å². The highest BCUT2D eigenvalue weighted by atomic mass is 35.5. The first-order valence-corrected chi connectivity index (χ1v) is 16.1. The molecule has 0 bridgehead atoms. The van der Waals surface area contributed by atoms with E-state index in [9.17, 15) is 32.7 Å². The lowest BCUT2D eigenvalue weighted by molar-refractivity contribution is -0.137. The number of ether oxygens (including phenoxy) is 1. The summed E-state index contributed by atoms with van der Waals surface area (Å²) in [5, 5.41) is 17.1. The summed E-state index contributed by atoms with van der Waals surface area (Å²) >= 11 is 6.12. The van der Waals surface area contributed by atoms with Crippen LogP contribution in [0.25, 0.3) is 17.2 Å². The molecule has 4 aromatic heterocycles. The first-order valence-electron chi connectivity index (χ1n) is 15.7. The van der Waals surface area contributed by atoms with Gasteiger partial charge in [0.1, 0.15) is 24.3 Å². The van der Waals surface area contributed by atoms with E-state index in [0.717, 1.165) is 22.7 Å². The maximum atomic E-state index is 14.3. The molecule has 264 valence electrons. The molecule has 7 rings (SSSR count). The highest BCUT2D eigenvalue weighted by Crippen LogP contribution is 2.41. The molecule has 0 unspecified atom stereocenters. The number of aryl methyl sites for hydroxylation is 2. The van der Waals surface area contributed by atoms with E-state index in [-0.39, 0.29) is 84.0 Å². The van der Waals surface area contributed by atoms with Crippen LogP contribution in [0, 0.1) is 13.8 Å². The number of likely N-dealkylation sites (tertiary alicyclic amines) is 1. The number of nitrogens with one attached hydrogen (secondary N) is 1. The Morgan fingerprint density at radius 1 is 1.10 bits per heavy atom. The molecule has 2 aliphatic heterocycles. The number of halogens is 4. The molecule has 19 heteroatoms. The zero-order valence-corrected chi connectivity index (χ0v) is 27.8. The lowest BCUT2D eigenvalue weighted by Gasteiger charge is -2.44. The van der Waals surface area contributed by atoms with Crippen molar-refractivity contribution in [3.63, 3.8) is 0 Å². The Kier molecular flexibility index (Phi) is 8.45. The predicted octanol–water partition coefficient (Wildman–Crippen LogP) is 3.48. The van der Waals surface area contributed by atoms with Crippen LogP contribution in [0.3, 0.4) is 0 Å². The maximum absolute atomic E-state index is 14.3. The van der Waals surface area contributed by atoms with Gasteiger partial charge in [-0.1, -0.05) is 11.6 Å².